The lowest BCUT2D eigenvalue weighted by atomic mass is 10.2. The van der Waals surface area contributed by atoms with Crippen LogP contribution in [0.25, 0.3) is 0 Å². The second kappa shape index (κ2) is 6.29. The second-order valence-electron chi connectivity index (χ2n) is 3.99. The van der Waals surface area contributed by atoms with Gasteiger partial charge >= 0.3 is 0 Å². The topological polar surface area (TPSA) is 66.4 Å². The largest absolute Gasteiger partial charge is 0.392 e. The van der Waals surface area contributed by atoms with E-state index in [-0.39, 0.29) is 11.5 Å². The van der Waals surface area contributed by atoms with Crippen molar-refractivity contribution in [2.75, 3.05) is 6.54 Å². The SMILES string of the molecule is O=S(=O)(NCCc1cccs1)c1ccccc1CO. The van der Waals surface area contributed by atoms with Crippen molar-refractivity contribution in [2.45, 2.75) is 17.9 Å². The Bertz CT molecular complexity index is 621. The van der Waals surface area contributed by atoms with Gasteiger partial charge in [-0.3, -0.25) is 0 Å². The molecule has 0 amide bonds. The standard InChI is InChI=1S/C13H15NO3S2/c15-10-11-4-1-2-6-13(11)19(16,17)14-8-7-12-5-3-9-18-12/h1-6,9,14-15H,7-8,10H2. The summed E-state index contributed by atoms with van der Waals surface area (Å²) in [6, 6.07) is 10.4. The quantitative estimate of drug-likeness (QED) is 0.854. The van der Waals surface area contributed by atoms with Gasteiger partial charge in [0.1, 0.15) is 0 Å². The second-order valence-corrected chi connectivity index (χ2v) is 6.76. The summed E-state index contributed by atoms with van der Waals surface area (Å²) in [6.07, 6.45) is 0.665. The normalized spacial score (nSPS) is 11.6. The fourth-order valence-corrected chi connectivity index (χ4v) is 3.71. The first kappa shape index (κ1) is 14.2. The van der Waals surface area contributed by atoms with Gasteiger partial charge in [0.15, 0.2) is 0 Å². The highest BCUT2D eigenvalue weighted by Gasteiger charge is 2.16. The van der Waals surface area contributed by atoms with Crippen LogP contribution in [0.4, 0.5) is 0 Å². The Balaban J connectivity index is 2.05. The molecular formula is C13H15NO3S2. The molecule has 0 saturated carbocycles. The van der Waals surface area contributed by atoms with Crippen LogP contribution < -0.4 is 4.72 Å². The number of hydrogen-bond acceptors (Lipinski definition) is 4. The van der Waals surface area contributed by atoms with Crippen molar-refractivity contribution in [3.05, 3.63) is 52.2 Å². The van der Waals surface area contributed by atoms with Crippen LogP contribution in [-0.4, -0.2) is 20.1 Å². The van der Waals surface area contributed by atoms with Crippen LogP contribution in [0.5, 0.6) is 0 Å². The van der Waals surface area contributed by atoms with Gasteiger partial charge in [-0.1, -0.05) is 24.3 Å². The van der Waals surface area contributed by atoms with Gasteiger partial charge in [0.05, 0.1) is 11.5 Å². The van der Waals surface area contributed by atoms with E-state index < -0.39 is 10.0 Å². The maximum absolute atomic E-state index is 12.1. The molecule has 1 heterocycles. The van der Waals surface area contributed by atoms with Crippen LogP contribution in [0.2, 0.25) is 0 Å². The van der Waals surface area contributed by atoms with Crippen LogP contribution in [-0.2, 0) is 23.1 Å². The smallest absolute Gasteiger partial charge is 0.240 e. The van der Waals surface area contributed by atoms with Crippen molar-refractivity contribution in [1.82, 2.24) is 4.72 Å². The summed E-state index contributed by atoms with van der Waals surface area (Å²) in [6.45, 7) is 0.0601. The van der Waals surface area contributed by atoms with E-state index in [4.69, 9.17) is 5.11 Å². The third kappa shape index (κ3) is 3.63. The predicted octanol–water partition coefficient (Wildman–Crippen LogP) is 1.76. The molecule has 0 aliphatic rings. The maximum Gasteiger partial charge on any atom is 0.240 e. The Morgan fingerprint density at radius 2 is 1.95 bits per heavy atom. The van der Waals surface area contributed by atoms with Gasteiger partial charge in [-0.25, -0.2) is 13.1 Å². The van der Waals surface area contributed by atoms with Gasteiger partial charge in [-0.2, -0.15) is 0 Å². The summed E-state index contributed by atoms with van der Waals surface area (Å²) in [7, 11) is -3.56. The molecule has 4 nitrogen and oxygen atoms in total. The van der Waals surface area contributed by atoms with Crippen LogP contribution in [0.3, 0.4) is 0 Å². The van der Waals surface area contributed by atoms with Crippen molar-refractivity contribution < 1.29 is 13.5 Å². The van der Waals surface area contributed by atoms with Crippen LogP contribution >= 0.6 is 11.3 Å². The van der Waals surface area contributed by atoms with Crippen molar-refractivity contribution in [3.8, 4) is 0 Å². The highest BCUT2D eigenvalue weighted by Crippen LogP contribution is 2.15. The van der Waals surface area contributed by atoms with Gasteiger partial charge in [0.2, 0.25) is 10.0 Å². The molecule has 6 heteroatoms. The average molecular weight is 297 g/mol. The first-order valence-corrected chi connectivity index (χ1v) is 8.20. The molecule has 0 atom stereocenters. The third-order valence-electron chi connectivity index (χ3n) is 2.68. The molecule has 0 aliphatic heterocycles. The minimum atomic E-state index is -3.56. The Morgan fingerprint density at radius 3 is 2.63 bits per heavy atom. The number of rotatable bonds is 6. The molecule has 0 unspecified atom stereocenters. The molecule has 0 aliphatic carbocycles. The maximum atomic E-state index is 12.1. The highest BCUT2D eigenvalue weighted by molar-refractivity contribution is 7.89. The lowest BCUT2D eigenvalue weighted by Crippen LogP contribution is -2.26. The molecule has 19 heavy (non-hydrogen) atoms. The summed E-state index contributed by atoms with van der Waals surface area (Å²) >= 11 is 1.60. The van der Waals surface area contributed by atoms with Gasteiger partial charge in [-0.15, -0.1) is 11.3 Å². The van der Waals surface area contributed by atoms with Gasteiger partial charge in [0, 0.05) is 11.4 Å². The molecule has 0 saturated heterocycles. The molecule has 0 radical (unpaired) electrons. The number of nitrogens with one attached hydrogen (secondary N) is 1. The summed E-state index contributed by atoms with van der Waals surface area (Å²) in [4.78, 5) is 1.28. The van der Waals surface area contributed by atoms with Crippen LogP contribution in [0.15, 0.2) is 46.7 Å². The Morgan fingerprint density at radius 1 is 1.16 bits per heavy atom. The molecule has 2 aromatic rings. The summed E-state index contributed by atoms with van der Waals surface area (Å²) < 4.78 is 26.8. The third-order valence-corrected chi connectivity index (χ3v) is 5.17. The van der Waals surface area contributed by atoms with E-state index >= 15 is 0 Å². The van der Waals surface area contributed by atoms with E-state index in [1.807, 2.05) is 17.5 Å². The van der Waals surface area contributed by atoms with Crippen LogP contribution in [0, 0.1) is 0 Å². The molecule has 102 valence electrons. The fourth-order valence-electron chi connectivity index (χ4n) is 1.74. The first-order valence-electron chi connectivity index (χ1n) is 5.84. The van der Waals surface area contributed by atoms with Gasteiger partial charge in [0.25, 0.3) is 0 Å². The van der Waals surface area contributed by atoms with E-state index in [1.54, 1.807) is 29.5 Å². The van der Waals surface area contributed by atoms with Crippen molar-refractivity contribution in [3.63, 3.8) is 0 Å². The lowest BCUT2D eigenvalue weighted by Gasteiger charge is -2.09. The summed E-state index contributed by atoms with van der Waals surface area (Å²) in [5.41, 5.74) is 0.408. The Hall–Kier alpha value is -1.21. The van der Waals surface area contributed by atoms with E-state index in [0.29, 0.717) is 18.5 Å². The number of thiophene rings is 1. The zero-order valence-electron chi connectivity index (χ0n) is 10.2. The molecule has 2 rings (SSSR count). The lowest BCUT2D eigenvalue weighted by molar-refractivity contribution is 0.278. The summed E-state index contributed by atoms with van der Waals surface area (Å²) in [5, 5.41) is 11.1. The Labute approximate surface area is 116 Å². The molecule has 0 spiro atoms. The number of benzene rings is 1. The van der Waals surface area contributed by atoms with Gasteiger partial charge < -0.3 is 5.11 Å². The van der Waals surface area contributed by atoms with E-state index in [9.17, 15) is 8.42 Å². The number of aliphatic hydroxyl groups excluding tert-OH is 1. The predicted molar refractivity (Wildman–Crippen MR) is 75.6 cm³/mol. The average Bonchev–Trinajstić information content (AvgIpc) is 2.91. The van der Waals surface area contributed by atoms with E-state index in [0.717, 1.165) is 4.88 Å². The molecule has 2 N–H and O–H groups in total. The highest BCUT2D eigenvalue weighted by atomic mass is 32.2. The molecular weight excluding hydrogens is 282 g/mol. The number of sulfonamides is 1. The van der Waals surface area contributed by atoms with Crippen molar-refractivity contribution in [1.29, 1.82) is 0 Å². The fraction of sp³-hybridized carbons (Fsp3) is 0.231. The minimum absolute atomic E-state index is 0.142. The molecule has 1 aromatic heterocycles. The van der Waals surface area contributed by atoms with Crippen LogP contribution in [0.1, 0.15) is 10.4 Å². The zero-order valence-corrected chi connectivity index (χ0v) is 11.9. The molecule has 1 aromatic carbocycles. The number of hydrogen-bond donors (Lipinski definition) is 2. The van der Waals surface area contributed by atoms with Crippen molar-refractivity contribution in [2.24, 2.45) is 0 Å². The molecule has 0 bridgehead atoms. The monoisotopic (exact) mass is 297 g/mol. The zero-order chi connectivity index (χ0) is 13.7. The van der Waals surface area contributed by atoms with E-state index in [2.05, 4.69) is 4.72 Å². The minimum Gasteiger partial charge on any atom is -0.392 e. The first-order chi connectivity index (χ1) is 9.13. The molecule has 0 fully saturated rings. The number of aliphatic hydroxyl groups is 1. The Kier molecular flexibility index (Phi) is 4.71. The summed E-state index contributed by atoms with van der Waals surface area (Å²) in [5.74, 6) is 0. The van der Waals surface area contributed by atoms with E-state index in [1.165, 1.54) is 6.07 Å². The van der Waals surface area contributed by atoms with Crippen molar-refractivity contribution >= 4 is 21.4 Å². The van der Waals surface area contributed by atoms with Gasteiger partial charge in [-0.05, 0) is 29.5 Å².